The smallest absolute Gasteiger partial charge is 0.387 e. The third kappa shape index (κ3) is 8.89. The normalized spacial score (nSPS) is 10.9. The molecule has 0 spiro atoms. The maximum Gasteiger partial charge on any atom is 0.387 e. The SMILES string of the molecule is CN=C(NCCCOc1ccccc1)NCc1ccccc1OC(F)F.I. The average molecular weight is 491 g/mol. The molecule has 0 aliphatic rings. The van der Waals surface area contributed by atoms with Crippen LogP contribution < -0.4 is 20.1 Å². The van der Waals surface area contributed by atoms with Crippen molar-refractivity contribution in [3.05, 3.63) is 60.2 Å². The standard InChI is InChI=1S/C19H23F2N3O2.HI/c1-22-19(23-12-7-13-25-16-9-3-2-4-10-16)24-14-15-8-5-6-11-17(15)26-18(20)21;/h2-6,8-11,18H,7,12-14H2,1H3,(H2,22,23,24);1H. The van der Waals surface area contributed by atoms with Crippen molar-refractivity contribution in [2.75, 3.05) is 20.2 Å². The van der Waals surface area contributed by atoms with E-state index in [-0.39, 0.29) is 29.7 Å². The van der Waals surface area contributed by atoms with E-state index < -0.39 is 6.61 Å². The van der Waals surface area contributed by atoms with Crippen LogP contribution in [0.4, 0.5) is 8.78 Å². The largest absolute Gasteiger partial charge is 0.494 e. The van der Waals surface area contributed by atoms with E-state index in [1.165, 1.54) is 6.07 Å². The van der Waals surface area contributed by atoms with E-state index in [0.29, 0.717) is 31.2 Å². The zero-order chi connectivity index (χ0) is 18.6. The van der Waals surface area contributed by atoms with Gasteiger partial charge in [0.05, 0.1) is 6.61 Å². The minimum absolute atomic E-state index is 0. The lowest BCUT2D eigenvalue weighted by Gasteiger charge is -2.14. The van der Waals surface area contributed by atoms with Crippen molar-refractivity contribution < 1.29 is 18.3 Å². The zero-order valence-electron chi connectivity index (χ0n) is 15.0. The van der Waals surface area contributed by atoms with E-state index in [1.807, 2.05) is 30.3 Å². The molecule has 0 amide bonds. The Morgan fingerprint density at radius 1 is 1.04 bits per heavy atom. The van der Waals surface area contributed by atoms with Gasteiger partial charge in [-0.2, -0.15) is 8.78 Å². The molecular formula is C19H24F2IN3O2. The number of para-hydroxylation sites is 2. The maximum absolute atomic E-state index is 12.4. The van der Waals surface area contributed by atoms with Crippen LogP contribution in [0, 0.1) is 0 Å². The molecule has 0 saturated heterocycles. The van der Waals surface area contributed by atoms with E-state index in [2.05, 4.69) is 20.4 Å². The molecule has 0 bridgehead atoms. The number of aliphatic imine (C=N–C) groups is 1. The van der Waals surface area contributed by atoms with Crippen LogP contribution in [0.15, 0.2) is 59.6 Å². The summed E-state index contributed by atoms with van der Waals surface area (Å²) in [6.07, 6.45) is 0.792. The Kier molecular flexibility index (Phi) is 11.2. The Labute approximate surface area is 175 Å². The molecule has 5 nitrogen and oxygen atoms in total. The molecule has 2 rings (SSSR count). The second kappa shape index (κ2) is 13.1. The van der Waals surface area contributed by atoms with E-state index in [1.54, 1.807) is 25.2 Å². The third-order valence-electron chi connectivity index (χ3n) is 3.48. The van der Waals surface area contributed by atoms with Crippen LogP contribution in [-0.4, -0.2) is 32.8 Å². The molecule has 2 N–H and O–H groups in total. The first-order valence-corrected chi connectivity index (χ1v) is 8.34. The van der Waals surface area contributed by atoms with E-state index in [9.17, 15) is 8.78 Å². The van der Waals surface area contributed by atoms with E-state index in [0.717, 1.165) is 12.2 Å². The average Bonchev–Trinajstić information content (AvgIpc) is 2.65. The van der Waals surface area contributed by atoms with Gasteiger partial charge < -0.3 is 20.1 Å². The van der Waals surface area contributed by atoms with Gasteiger partial charge in [-0.1, -0.05) is 36.4 Å². The summed E-state index contributed by atoms with van der Waals surface area (Å²) in [7, 11) is 1.65. The summed E-state index contributed by atoms with van der Waals surface area (Å²) in [4.78, 5) is 4.11. The highest BCUT2D eigenvalue weighted by Gasteiger charge is 2.09. The lowest BCUT2D eigenvalue weighted by molar-refractivity contribution is -0.0504. The fraction of sp³-hybridized carbons (Fsp3) is 0.316. The molecule has 148 valence electrons. The van der Waals surface area contributed by atoms with Crippen molar-refractivity contribution in [3.8, 4) is 11.5 Å². The van der Waals surface area contributed by atoms with Gasteiger partial charge in [-0.25, -0.2) is 0 Å². The molecule has 0 atom stereocenters. The van der Waals surface area contributed by atoms with Crippen molar-refractivity contribution in [2.45, 2.75) is 19.6 Å². The third-order valence-corrected chi connectivity index (χ3v) is 3.48. The summed E-state index contributed by atoms with van der Waals surface area (Å²) in [5.41, 5.74) is 0.628. The second-order valence-corrected chi connectivity index (χ2v) is 5.35. The predicted octanol–water partition coefficient (Wildman–Crippen LogP) is 4.04. The van der Waals surface area contributed by atoms with Crippen LogP contribution in [0.1, 0.15) is 12.0 Å². The molecule has 0 aliphatic heterocycles. The molecule has 0 aliphatic carbocycles. The minimum Gasteiger partial charge on any atom is -0.494 e. The Morgan fingerprint density at radius 2 is 1.74 bits per heavy atom. The minimum atomic E-state index is -2.85. The summed E-state index contributed by atoms with van der Waals surface area (Å²) in [5.74, 6) is 1.57. The Balaban J connectivity index is 0.00000364. The van der Waals surface area contributed by atoms with Crippen molar-refractivity contribution in [1.29, 1.82) is 0 Å². The lowest BCUT2D eigenvalue weighted by atomic mass is 10.2. The highest BCUT2D eigenvalue weighted by molar-refractivity contribution is 14.0. The van der Waals surface area contributed by atoms with Gasteiger partial charge in [0.25, 0.3) is 0 Å². The quantitative estimate of drug-likeness (QED) is 0.241. The molecule has 0 unspecified atom stereocenters. The summed E-state index contributed by atoms with van der Waals surface area (Å²) in [5, 5.41) is 6.24. The number of benzene rings is 2. The number of alkyl halides is 2. The van der Waals surface area contributed by atoms with Crippen LogP contribution in [-0.2, 0) is 6.54 Å². The predicted molar refractivity (Wildman–Crippen MR) is 113 cm³/mol. The van der Waals surface area contributed by atoms with Gasteiger partial charge >= 0.3 is 6.61 Å². The first-order chi connectivity index (χ1) is 12.7. The summed E-state index contributed by atoms with van der Waals surface area (Å²) < 4.78 is 35.0. The molecule has 0 fully saturated rings. The van der Waals surface area contributed by atoms with Crippen LogP contribution in [0.5, 0.6) is 11.5 Å². The number of rotatable bonds is 9. The van der Waals surface area contributed by atoms with Crippen molar-refractivity contribution in [3.63, 3.8) is 0 Å². The molecule has 27 heavy (non-hydrogen) atoms. The van der Waals surface area contributed by atoms with Crippen molar-refractivity contribution >= 4 is 29.9 Å². The fourth-order valence-electron chi connectivity index (χ4n) is 2.25. The topological polar surface area (TPSA) is 54.9 Å². The van der Waals surface area contributed by atoms with Gasteiger partial charge in [0.15, 0.2) is 5.96 Å². The number of hydrogen-bond donors (Lipinski definition) is 2. The van der Waals surface area contributed by atoms with Gasteiger partial charge in [0.1, 0.15) is 11.5 Å². The number of guanidine groups is 1. The molecule has 0 saturated carbocycles. The van der Waals surface area contributed by atoms with Crippen molar-refractivity contribution in [2.24, 2.45) is 4.99 Å². The van der Waals surface area contributed by atoms with Gasteiger partial charge in [0.2, 0.25) is 0 Å². The molecule has 2 aromatic carbocycles. The van der Waals surface area contributed by atoms with E-state index in [4.69, 9.17) is 4.74 Å². The molecule has 2 aromatic rings. The molecule has 0 aromatic heterocycles. The summed E-state index contributed by atoms with van der Waals surface area (Å²) >= 11 is 0. The van der Waals surface area contributed by atoms with Crippen LogP contribution in [0.2, 0.25) is 0 Å². The summed E-state index contributed by atoms with van der Waals surface area (Å²) in [6, 6.07) is 16.3. The van der Waals surface area contributed by atoms with Gasteiger partial charge in [-0.05, 0) is 24.6 Å². The lowest BCUT2D eigenvalue weighted by Crippen LogP contribution is -2.37. The van der Waals surface area contributed by atoms with Crippen LogP contribution >= 0.6 is 24.0 Å². The number of halogens is 3. The van der Waals surface area contributed by atoms with E-state index >= 15 is 0 Å². The van der Waals surface area contributed by atoms with Crippen LogP contribution in [0.25, 0.3) is 0 Å². The Bertz CT molecular complexity index is 688. The highest BCUT2D eigenvalue weighted by Crippen LogP contribution is 2.19. The number of nitrogens with zero attached hydrogens (tertiary/aromatic N) is 1. The highest BCUT2D eigenvalue weighted by atomic mass is 127. The maximum atomic E-state index is 12.4. The van der Waals surface area contributed by atoms with Gasteiger partial charge in [-0.3, -0.25) is 4.99 Å². The molecule has 0 heterocycles. The van der Waals surface area contributed by atoms with Crippen LogP contribution in [0.3, 0.4) is 0 Å². The second-order valence-electron chi connectivity index (χ2n) is 5.35. The molecule has 0 radical (unpaired) electrons. The number of ether oxygens (including phenoxy) is 2. The Morgan fingerprint density at radius 3 is 2.44 bits per heavy atom. The first kappa shape index (κ1) is 22.9. The Hall–Kier alpha value is -2.10. The van der Waals surface area contributed by atoms with Gasteiger partial charge in [-0.15, -0.1) is 24.0 Å². The molecule has 8 heteroatoms. The first-order valence-electron chi connectivity index (χ1n) is 8.34. The zero-order valence-corrected chi connectivity index (χ0v) is 17.4. The van der Waals surface area contributed by atoms with Crippen molar-refractivity contribution in [1.82, 2.24) is 10.6 Å². The summed E-state index contributed by atoms with van der Waals surface area (Å²) in [6.45, 7) is -1.28. The fourth-order valence-corrected chi connectivity index (χ4v) is 2.25. The number of nitrogens with one attached hydrogen (secondary N) is 2. The number of hydrogen-bond acceptors (Lipinski definition) is 3. The van der Waals surface area contributed by atoms with Gasteiger partial charge in [0, 0.05) is 25.7 Å². The molecular weight excluding hydrogens is 467 g/mol. The monoisotopic (exact) mass is 491 g/mol.